The SMILES string of the molecule is Cc1ccc2nc(COC(=O)Cn3cnc4scc(-c5cccs5)c4c3=O)cc(=O)n2c1. The fraction of sp³-hybridized carbons (Fsp3) is 0.136. The molecule has 8 nitrogen and oxygen atoms in total. The van der Waals surface area contributed by atoms with Gasteiger partial charge in [0.15, 0.2) is 0 Å². The summed E-state index contributed by atoms with van der Waals surface area (Å²) in [6.07, 6.45) is 3.05. The fourth-order valence-electron chi connectivity index (χ4n) is 3.36. The highest BCUT2D eigenvalue weighted by Gasteiger charge is 2.16. The van der Waals surface area contributed by atoms with E-state index in [1.165, 1.54) is 44.0 Å². The molecular weight excluding hydrogens is 448 g/mol. The molecule has 5 rings (SSSR count). The second-order valence-electron chi connectivity index (χ2n) is 7.17. The van der Waals surface area contributed by atoms with Gasteiger partial charge in [-0.05, 0) is 30.0 Å². The van der Waals surface area contributed by atoms with Gasteiger partial charge in [0, 0.05) is 28.1 Å². The molecule has 0 amide bonds. The van der Waals surface area contributed by atoms with Crippen LogP contribution in [0.15, 0.2) is 63.2 Å². The summed E-state index contributed by atoms with van der Waals surface area (Å²) in [5.41, 5.74) is 2.01. The average Bonchev–Trinajstić information content (AvgIpc) is 3.45. The van der Waals surface area contributed by atoms with Gasteiger partial charge < -0.3 is 4.74 Å². The van der Waals surface area contributed by atoms with Crippen LogP contribution in [-0.2, 0) is 22.7 Å². The molecule has 0 aliphatic heterocycles. The zero-order valence-corrected chi connectivity index (χ0v) is 18.5. The third kappa shape index (κ3) is 3.74. The summed E-state index contributed by atoms with van der Waals surface area (Å²) in [4.78, 5) is 48.0. The number of pyridine rings is 1. The van der Waals surface area contributed by atoms with Gasteiger partial charge in [-0.15, -0.1) is 22.7 Å². The van der Waals surface area contributed by atoms with Crippen molar-refractivity contribution in [3.63, 3.8) is 0 Å². The monoisotopic (exact) mass is 464 g/mol. The first-order chi connectivity index (χ1) is 15.5. The third-order valence-electron chi connectivity index (χ3n) is 4.89. The Bertz CT molecular complexity index is 1580. The summed E-state index contributed by atoms with van der Waals surface area (Å²) in [6.45, 7) is 1.43. The smallest absolute Gasteiger partial charge is 0.326 e. The van der Waals surface area contributed by atoms with Gasteiger partial charge in [0.05, 0.1) is 17.4 Å². The van der Waals surface area contributed by atoms with Crippen LogP contribution in [0.4, 0.5) is 0 Å². The Hall–Kier alpha value is -3.63. The predicted octanol–water partition coefficient (Wildman–Crippen LogP) is 3.25. The molecule has 10 heteroatoms. The molecule has 0 aliphatic rings. The first-order valence-electron chi connectivity index (χ1n) is 9.65. The molecule has 0 fully saturated rings. The van der Waals surface area contributed by atoms with Crippen LogP contribution in [-0.4, -0.2) is 24.9 Å². The molecule has 0 radical (unpaired) electrons. The second kappa shape index (κ2) is 8.13. The Morgan fingerprint density at radius 1 is 1.19 bits per heavy atom. The van der Waals surface area contributed by atoms with E-state index in [-0.39, 0.29) is 24.3 Å². The Labute approximate surface area is 189 Å². The number of thiophene rings is 2. The molecule has 5 aromatic heterocycles. The van der Waals surface area contributed by atoms with Crippen molar-refractivity contribution in [3.05, 3.63) is 85.6 Å². The van der Waals surface area contributed by atoms with E-state index in [9.17, 15) is 14.4 Å². The first-order valence-corrected chi connectivity index (χ1v) is 11.4. The number of carbonyl (C=O) groups is 1. The van der Waals surface area contributed by atoms with E-state index >= 15 is 0 Å². The molecule has 0 saturated carbocycles. The lowest BCUT2D eigenvalue weighted by Crippen LogP contribution is -2.25. The predicted molar refractivity (Wildman–Crippen MR) is 123 cm³/mol. The van der Waals surface area contributed by atoms with Gasteiger partial charge in [-0.3, -0.25) is 23.4 Å². The number of aromatic nitrogens is 4. The number of aryl methyl sites for hydroxylation is 1. The summed E-state index contributed by atoms with van der Waals surface area (Å²) in [5.74, 6) is -0.618. The van der Waals surface area contributed by atoms with Crippen molar-refractivity contribution in [2.45, 2.75) is 20.1 Å². The molecule has 0 aromatic carbocycles. The molecule has 0 bridgehead atoms. The highest BCUT2D eigenvalue weighted by molar-refractivity contribution is 7.18. The van der Waals surface area contributed by atoms with Crippen LogP contribution in [0.5, 0.6) is 0 Å². The molecule has 0 spiro atoms. The molecular formula is C22H16N4O4S2. The highest BCUT2D eigenvalue weighted by atomic mass is 32.1. The molecule has 0 N–H and O–H groups in total. The van der Waals surface area contributed by atoms with E-state index in [0.29, 0.717) is 21.6 Å². The molecule has 0 unspecified atom stereocenters. The lowest BCUT2D eigenvalue weighted by atomic mass is 10.2. The summed E-state index contributed by atoms with van der Waals surface area (Å²) in [7, 11) is 0. The van der Waals surface area contributed by atoms with E-state index in [1.807, 2.05) is 35.9 Å². The van der Waals surface area contributed by atoms with Crippen LogP contribution in [0.2, 0.25) is 0 Å². The van der Waals surface area contributed by atoms with E-state index in [1.54, 1.807) is 12.3 Å². The number of hydrogen-bond donors (Lipinski definition) is 0. The molecule has 0 atom stereocenters. The lowest BCUT2D eigenvalue weighted by Gasteiger charge is -2.08. The van der Waals surface area contributed by atoms with Gasteiger partial charge in [-0.2, -0.15) is 0 Å². The zero-order chi connectivity index (χ0) is 22.2. The molecule has 32 heavy (non-hydrogen) atoms. The normalized spacial score (nSPS) is 11.3. The van der Waals surface area contributed by atoms with Crippen LogP contribution < -0.4 is 11.1 Å². The zero-order valence-electron chi connectivity index (χ0n) is 16.8. The summed E-state index contributed by atoms with van der Waals surface area (Å²) < 4.78 is 7.95. The third-order valence-corrected chi connectivity index (χ3v) is 6.68. The molecule has 5 aromatic rings. The molecule has 0 saturated heterocycles. The molecule has 0 aliphatic carbocycles. The van der Waals surface area contributed by atoms with Gasteiger partial charge in [-0.25, -0.2) is 9.97 Å². The van der Waals surface area contributed by atoms with Crippen molar-refractivity contribution in [2.24, 2.45) is 0 Å². The number of rotatable bonds is 5. The lowest BCUT2D eigenvalue weighted by molar-refractivity contribution is -0.145. The Balaban J connectivity index is 1.35. The topological polar surface area (TPSA) is 95.6 Å². The first kappa shape index (κ1) is 20.3. The van der Waals surface area contributed by atoms with Crippen molar-refractivity contribution in [3.8, 4) is 10.4 Å². The van der Waals surface area contributed by atoms with Crippen LogP contribution in [0.25, 0.3) is 26.3 Å². The minimum absolute atomic E-state index is 0.165. The van der Waals surface area contributed by atoms with Crippen LogP contribution in [0, 0.1) is 6.92 Å². The maximum Gasteiger partial charge on any atom is 0.326 e. The van der Waals surface area contributed by atoms with Crippen LogP contribution >= 0.6 is 22.7 Å². The minimum atomic E-state index is -0.618. The van der Waals surface area contributed by atoms with Crippen LogP contribution in [0.3, 0.4) is 0 Å². The summed E-state index contributed by atoms with van der Waals surface area (Å²) in [6, 6.07) is 8.77. The van der Waals surface area contributed by atoms with Gasteiger partial charge in [0.1, 0.15) is 23.6 Å². The van der Waals surface area contributed by atoms with Crippen molar-refractivity contribution in [1.82, 2.24) is 18.9 Å². The van der Waals surface area contributed by atoms with Gasteiger partial charge in [0.2, 0.25) is 0 Å². The van der Waals surface area contributed by atoms with Crippen molar-refractivity contribution in [2.75, 3.05) is 0 Å². The number of nitrogens with zero attached hydrogens (tertiary/aromatic N) is 4. The Morgan fingerprint density at radius 3 is 2.88 bits per heavy atom. The van der Waals surface area contributed by atoms with Crippen molar-refractivity contribution < 1.29 is 9.53 Å². The summed E-state index contributed by atoms with van der Waals surface area (Å²) in [5, 5.41) is 4.34. The molecule has 160 valence electrons. The number of fused-ring (bicyclic) bond motifs is 2. The largest absolute Gasteiger partial charge is 0.458 e. The van der Waals surface area contributed by atoms with Crippen molar-refractivity contribution in [1.29, 1.82) is 0 Å². The van der Waals surface area contributed by atoms with Crippen molar-refractivity contribution >= 4 is 44.5 Å². The number of hydrogen-bond acceptors (Lipinski definition) is 8. The second-order valence-corrected chi connectivity index (χ2v) is 8.97. The van der Waals surface area contributed by atoms with Gasteiger partial charge >= 0.3 is 5.97 Å². The van der Waals surface area contributed by atoms with E-state index < -0.39 is 5.97 Å². The van der Waals surface area contributed by atoms with E-state index in [2.05, 4.69) is 9.97 Å². The highest BCUT2D eigenvalue weighted by Crippen LogP contribution is 2.33. The van der Waals surface area contributed by atoms with E-state index in [4.69, 9.17) is 4.74 Å². The number of carbonyl (C=O) groups excluding carboxylic acids is 1. The Morgan fingerprint density at radius 2 is 2.06 bits per heavy atom. The average molecular weight is 465 g/mol. The van der Waals surface area contributed by atoms with E-state index in [0.717, 1.165) is 16.0 Å². The fourth-order valence-corrected chi connectivity index (χ4v) is 5.09. The van der Waals surface area contributed by atoms with Crippen LogP contribution in [0.1, 0.15) is 11.3 Å². The number of ether oxygens (including phenoxy) is 1. The van der Waals surface area contributed by atoms with Gasteiger partial charge in [-0.1, -0.05) is 12.1 Å². The maximum absolute atomic E-state index is 13.0. The standard InChI is InChI=1S/C22H16N4O4S2/c1-13-4-5-17-24-14(7-18(27)26(17)8-13)10-30-19(28)9-25-12-23-21-20(22(25)29)15(11-32-21)16-3-2-6-31-16/h2-8,11-12H,9-10H2,1H3. The Kier molecular flexibility index (Phi) is 5.16. The minimum Gasteiger partial charge on any atom is -0.458 e. The molecule has 5 heterocycles. The number of esters is 1. The van der Waals surface area contributed by atoms with Gasteiger partial charge in [0.25, 0.3) is 11.1 Å². The quantitative estimate of drug-likeness (QED) is 0.371. The maximum atomic E-state index is 13.0. The summed E-state index contributed by atoms with van der Waals surface area (Å²) >= 11 is 2.93.